The second-order valence-corrected chi connectivity index (χ2v) is 4.13. The summed E-state index contributed by atoms with van der Waals surface area (Å²) in [5.74, 6) is -0.0951. The zero-order valence-electron chi connectivity index (χ0n) is 10.8. The van der Waals surface area contributed by atoms with Crippen LogP contribution in [0.25, 0.3) is 0 Å². The first-order valence-corrected chi connectivity index (χ1v) is 5.99. The second-order valence-electron chi connectivity index (χ2n) is 4.13. The molecule has 1 aliphatic heterocycles. The number of hydrogen-bond acceptors (Lipinski definition) is 5. The molecular weight excluding hydrogens is 248 g/mol. The number of nitrogens with two attached hydrogens (primary N) is 1. The molecule has 1 saturated heterocycles. The summed E-state index contributed by atoms with van der Waals surface area (Å²) in [5.41, 5.74) is 6.27. The molecule has 1 aromatic rings. The Balaban J connectivity index is 2.21. The first-order chi connectivity index (χ1) is 9.10. The van der Waals surface area contributed by atoms with Gasteiger partial charge in [0.05, 0.1) is 13.7 Å². The van der Waals surface area contributed by atoms with Gasteiger partial charge in [0, 0.05) is 5.69 Å². The summed E-state index contributed by atoms with van der Waals surface area (Å²) in [7, 11) is 1.56. The minimum Gasteiger partial charge on any atom is -0.497 e. The van der Waals surface area contributed by atoms with Crippen LogP contribution in [0.15, 0.2) is 24.3 Å². The van der Waals surface area contributed by atoms with E-state index in [9.17, 15) is 9.59 Å². The van der Waals surface area contributed by atoms with Gasteiger partial charge < -0.3 is 15.2 Å². The number of β-lactam (4-membered cyclic amide) rings is 1. The monoisotopic (exact) mass is 264 g/mol. The molecular formula is C13H16N2O4. The first-order valence-electron chi connectivity index (χ1n) is 5.99. The molecule has 1 fully saturated rings. The van der Waals surface area contributed by atoms with Gasteiger partial charge in [0.2, 0.25) is 5.91 Å². The zero-order valence-corrected chi connectivity index (χ0v) is 10.8. The highest BCUT2D eigenvalue weighted by atomic mass is 16.5. The van der Waals surface area contributed by atoms with Crippen LogP contribution in [0.5, 0.6) is 5.75 Å². The Labute approximate surface area is 111 Å². The molecule has 0 saturated carbocycles. The van der Waals surface area contributed by atoms with Gasteiger partial charge in [0.15, 0.2) is 6.04 Å². The predicted molar refractivity (Wildman–Crippen MR) is 68.9 cm³/mol. The van der Waals surface area contributed by atoms with E-state index in [1.165, 1.54) is 4.90 Å². The van der Waals surface area contributed by atoms with E-state index in [1.807, 2.05) is 0 Å². The van der Waals surface area contributed by atoms with Crippen LogP contribution in [0.4, 0.5) is 5.69 Å². The summed E-state index contributed by atoms with van der Waals surface area (Å²) >= 11 is 0. The minimum atomic E-state index is -0.832. The van der Waals surface area contributed by atoms with Crippen molar-refractivity contribution < 1.29 is 19.1 Å². The number of carbonyl (C=O) groups is 2. The number of esters is 1. The Kier molecular flexibility index (Phi) is 3.71. The largest absolute Gasteiger partial charge is 0.497 e. The number of nitrogens with zero attached hydrogens (tertiary/aromatic N) is 1. The lowest BCUT2D eigenvalue weighted by Crippen LogP contribution is -2.72. The first kappa shape index (κ1) is 13.4. The van der Waals surface area contributed by atoms with Gasteiger partial charge in [-0.1, -0.05) is 0 Å². The Morgan fingerprint density at radius 3 is 2.53 bits per heavy atom. The van der Waals surface area contributed by atoms with Gasteiger partial charge in [-0.15, -0.1) is 0 Å². The van der Waals surface area contributed by atoms with E-state index in [1.54, 1.807) is 38.3 Å². The summed E-state index contributed by atoms with van der Waals surface area (Å²) in [6, 6.07) is 5.26. The molecule has 1 aliphatic rings. The molecule has 1 aromatic carbocycles. The maximum Gasteiger partial charge on any atom is 0.331 e. The fourth-order valence-corrected chi connectivity index (χ4v) is 2.02. The number of ether oxygens (including phenoxy) is 2. The van der Waals surface area contributed by atoms with Crippen LogP contribution in [-0.2, 0) is 14.3 Å². The quantitative estimate of drug-likeness (QED) is 0.625. The van der Waals surface area contributed by atoms with E-state index in [0.717, 1.165) is 0 Å². The van der Waals surface area contributed by atoms with Crippen molar-refractivity contribution in [3.05, 3.63) is 24.3 Å². The van der Waals surface area contributed by atoms with Crippen molar-refractivity contribution in [2.75, 3.05) is 18.6 Å². The summed E-state index contributed by atoms with van der Waals surface area (Å²) in [6.07, 6.45) is 0. The smallest absolute Gasteiger partial charge is 0.331 e. The molecule has 0 aliphatic carbocycles. The number of rotatable bonds is 4. The molecule has 2 N–H and O–H groups in total. The van der Waals surface area contributed by atoms with Crippen LogP contribution in [-0.4, -0.2) is 37.7 Å². The average molecular weight is 264 g/mol. The lowest BCUT2D eigenvalue weighted by Gasteiger charge is -2.43. The minimum absolute atomic E-state index is 0.257. The predicted octanol–water partition coefficient (Wildman–Crippen LogP) is 0.301. The summed E-state index contributed by atoms with van der Waals surface area (Å²) in [5, 5.41) is 0. The Morgan fingerprint density at radius 1 is 1.37 bits per heavy atom. The molecule has 1 unspecified atom stereocenters. The number of benzene rings is 1. The van der Waals surface area contributed by atoms with Gasteiger partial charge in [-0.2, -0.15) is 0 Å². The SMILES string of the molecule is CCOC(=O)[C@@H]1C(N)C(=O)N1c1ccc(OC)cc1. The van der Waals surface area contributed by atoms with Crippen molar-refractivity contribution in [2.45, 2.75) is 19.0 Å². The fourth-order valence-electron chi connectivity index (χ4n) is 2.02. The highest BCUT2D eigenvalue weighted by molar-refractivity contribution is 6.12. The fraction of sp³-hybridized carbons (Fsp3) is 0.385. The molecule has 1 heterocycles. The summed E-state index contributed by atoms with van der Waals surface area (Å²) < 4.78 is 9.97. The number of carbonyl (C=O) groups excluding carboxylic acids is 2. The van der Waals surface area contributed by atoms with Gasteiger partial charge >= 0.3 is 5.97 Å². The molecule has 102 valence electrons. The van der Waals surface area contributed by atoms with Crippen LogP contribution in [0, 0.1) is 0 Å². The highest BCUT2D eigenvalue weighted by Crippen LogP contribution is 2.29. The summed E-state index contributed by atoms with van der Waals surface area (Å²) in [6.45, 7) is 1.97. The number of amides is 1. The number of anilines is 1. The van der Waals surface area contributed by atoms with E-state index >= 15 is 0 Å². The number of hydrogen-bond donors (Lipinski definition) is 1. The molecule has 2 atom stereocenters. The van der Waals surface area contributed by atoms with Crippen molar-refractivity contribution in [3.63, 3.8) is 0 Å². The van der Waals surface area contributed by atoms with Gasteiger partial charge in [-0.3, -0.25) is 9.69 Å². The van der Waals surface area contributed by atoms with Crippen LogP contribution in [0.3, 0.4) is 0 Å². The molecule has 0 spiro atoms. The Morgan fingerprint density at radius 2 is 2.00 bits per heavy atom. The van der Waals surface area contributed by atoms with Crippen LogP contribution < -0.4 is 15.4 Å². The molecule has 0 radical (unpaired) electrons. The third-order valence-electron chi connectivity index (χ3n) is 3.02. The zero-order chi connectivity index (χ0) is 14.0. The molecule has 6 heteroatoms. The van der Waals surface area contributed by atoms with Crippen LogP contribution in [0.1, 0.15) is 6.92 Å². The Bertz CT molecular complexity index is 486. The Hall–Kier alpha value is -2.08. The van der Waals surface area contributed by atoms with Gasteiger partial charge in [-0.25, -0.2) is 4.79 Å². The topological polar surface area (TPSA) is 81.9 Å². The van der Waals surface area contributed by atoms with Gasteiger partial charge in [0.1, 0.15) is 11.8 Å². The molecule has 0 aromatic heterocycles. The third kappa shape index (κ3) is 2.26. The van der Waals surface area contributed by atoms with E-state index < -0.39 is 18.1 Å². The third-order valence-corrected chi connectivity index (χ3v) is 3.02. The molecule has 2 rings (SSSR count). The lowest BCUT2D eigenvalue weighted by molar-refractivity contribution is -0.151. The van der Waals surface area contributed by atoms with Gasteiger partial charge in [0.25, 0.3) is 0 Å². The maximum absolute atomic E-state index is 11.8. The van der Waals surface area contributed by atoms with Crippen molar-refractivity contribution >= 4 is 17.6 Å². The lowest BCUT2D eigenvalue weighted by atomic mass is 9.95. The average Bonchev–Trinajstić information content (AvgIpc) is 2.44. The highest BCUT2D eigenvalue weighted by Gasteiger charge is 2.51. The van der Waals surface area contributed by atoms with Crippen molar-refractivity contribution in [1.82, 2.24) is 0 Å². The number of methoxy groups -OCH3 is 1. The van der Waals surface area contributed by atoms with Crippen LogP contribution >= 0.6 is 0 Å². The standard InChI is InChI=1S/C13H16N2O4/c1-3-19-13(17)11-10(14)12(16)15(11)8-4-6-9(18-2)7-5-8/h4-7,10-11H,3,14H2,1-2H3/t10?,11-/m0/s1. The maximum atomic E-state index is 11.8. The van der Waals surface area contributed by atoms with E-state index in [0.29, 0.717) is 11.4 Å². The van der Waals surface area contributed by atoms with Crippen molar-refractivity contribution in [1.29, 1.82) is 0 Å². The van der Waals surface area contributed by atoms with E-state index in [4.69, 9.17) is 15.2 Å². The molecule has 1 amide bonds. The molecule has 0 bridgehead atoms. The van der Waals surface area contributed by atoms with Crippen molar-refractivity contribution in [3.8, 4) is 5.75 Å². The van der Waals surface area contributed by atoms with Gasteiger partial charge in [-0.05, 0) is 31.2 Å². The molecule has 19 heavy (non-hydrogen) atoms. The summed E-state index contributed by atoms with van der Waals surface area (Å²) in [4.78, 5) is 24.9. The van der Waals surface area contributed by atoms with Crippen LogP contribution in [0.2, 0.25) is 0 Å². The van der Waals surface area contributed by atoms with Crippen molar-refractivity contribution in [2.24, 2.45) is 5.73 Å². The molecule has 6 nitrogen and oxygen atoms in total. The normalized spacial score (nSPS) is 21.8. The second kappa shape index (κ2) is 5.27. The van der Waals surface area contributed by atoms with E-state index in [-0.39, 0.29) is 12.5 Å². The van der Waals surface area contributed by atoms with E-state index in [2.05, 4.69) is 0 Å².